The molecule has 0 aliphatic carbocycles. The molecule has 1 aromatic rings. The van der Waals surface area contributed by atoms with E-state index in [1.807, 2.05) is 6.07 Å². The summed E-state index contributed by atoms with van der Waals surface area (Å²) in [6.45, 7) is 0.361. The molecule has 0 aliphatic heterocycles. The Morgan fingerprint density at radius 3 is 2.53 bits per heavy atom. The van der Waals surface area contributed by atoms with Gasteiger partial charge in [0, 0.05) is 13.0 Å². The van der Waals surface area contributed by atoms with E-state index in [1.54, 1.807) is 12.1 Å². The van der Waals surface area contributed by atoms with Gasteiger partial charge in [0.25, 0.3) is 5.91 Å². The summed E-state index contributed by atoms with van der Waals surface area (Å²) in [5.74, 6) is -1.56. The van der Waals surface area contributed by atoms with Crippen molar-refractivity contribution in [3.05, 3.63) is 35.4 Å². The number of benzene rings is 1. The van der Waals surface area contributed by atoms with Crippen LogP contribution in [0.1, 0.15) is 33.6 Å². The van der Waals surface area contributed by atoms with Crippen molar-refractivity contribution >= 4 is 11.9 Å². The lowest BCUT2D eigenvalue weighted by molar-refractivity contribution is 0.0691. The van der Waals surface area contributed by atoms with Gasteiger partial charge < -0.3 is 10.4 Å². The lowest BCUT2D eigenvalue weighted by Gasteiger charge is -2.06. The first-order valence-corrected chi connectivity index (χ1v) is 5.14. The lowest BCUT2D eigenvalue weighted by Crippen LogP contribution is -2.26. The molecular weight excluding hydrogens is 220 g/mol. The number of rotatable bonds is 5. The summed E-state index contributed by atoms with van der Waals surface area (Å²) in [5, 5.41) is 19.8. The Balaban J connectivity index is 2.69. The number of hydrogen-bond donors (Lipinski definition) is 2. The zero-order valence-corrected chi connectivity index (χ0v) is 9.14. The number of carbonyl (C=O) groups is 2. The van der Waals surface area contributed by atoms with Gasteiger partial charge in [-0.15, -0.1) is 0 Å². The van der Waals surface area contributed by atoms with Crippen molar-refractivity contribution in [3.8, 4) is 6.07 Å². The number of unbranched alkanes of at least 4 members (excludes halogenated alkanes) is 1. The van der Waals surface area contributed by atoms with Crippen LogP contribution in [0.3, 0.4) is 0 Å². The van der Waals surface area contributed by atoms with Crippen LogP contribution in [0, 0.1) is 11.3 Å². The highest BCUT2D eigenvalue weighted by Gasteiger charge is 2.14. The molecule has 1 rings (SSSR count). The van der Waals surface area contributed by atoms with Gasteiger partial charge in [-0.1, -0.05) is 12.1 Å². The first-order chi connectivity index (χ1) is 8.16. The van der Waals surface area contributed by atoms with E-state index in [1.165, 1.54) is 12.1 Å². The van der Waals surface area contributed by atoms with Gasteiger partial charge in [-0.25, -0.2) is 4.79 Å². The van der Waals surface area contributed by atoms with E-state index in [4.69, 9.17) is 10.4 Å². The summed E-state index contributed by atoms with van der Waals surface area (Å²) >= 11 is 0. The van der Waals surface area contributed by atoms with Crippen LogP contribution in [0.25, 0.3) is 0 Å². The fourth-order valence-corrected chi connectivity index (χ4v) is 1.33. The quantitative estimate of drug-likeness (QED) is 0.751. The Morgan fingerprint density at radius 2 is 1.94 bits per heavy atom. The van der Waals surface area contributed by atoms with Crippen LogP contribution in [0.4, 0.5) is 0 Å². The minimum absolute atomic E-state index is 0.0229. The van der Waals surface area contributed by atoms with Crippen molar-refractivity contribution in [2.24, 2.45) is 0 Å². The van der Waals surface area contributed by atoms with Crippen molar-refractivity contribution in [3.63, 3.8) is 0 Å². The maximum absolute atomic E-state index is 11.7. The van der Waals surface area contributed by atoms with E-state index in [0.717, 1.165) is 0 Å². The number of carbonyl (C=O) groups excluding carboxylic acids is 1. The minimum Gasteiger partial charge on any atom is -0.478 e. The molecular formula is C12H12N2O3. The molecule has 0 spiro atoms. The molecule has 17 heavy (non-hydrogen) atoms. The number of carboxylic acid groups (broad SMARTS) is 1. The smallest absolute Gasteiger partial charge is 0.336 e. The van der Waals surface area contributed by atoms with Gasteiger partial charge >= 0.3 is 5.97 Å². The highest BCUT2D eigenvalue weighted by molar-refractivity contribution is 6.04. The fourth-order valence-electron chi connectivity index (χ4n) is 1.33. The molecule has 0 saturated carbocycles. The SMILES string of the molecule is N#CCCCNC(=O)c1ccccc1C(=O)O. The molecule has 0 heterocycles. The molecule has 1 amide bonds. The molecule has 0 aliphatic rings. The Bertz CT molecular complexity index is 463. The van der Waals surface area contributed by atoms with E-state index in [9.17, 15) is 9.59 Å². The highest BCUT2D eigenvalue weighted by Crippen LogP contribution is 2.08. The van der Waals surface area contributed by atoms with E-state index in [2.05, 4.69) is 5.32 Å². The van der Waals surface area contributed by atoms with Crippen molar-refractivity contribution in [1.29, 1.82) is 5.26 Å². The average molecular weight is 232 g/mol. The first-order valence-electron chi connectivity index (χ1n) is 5.14. The number of hydrogen-bond acceptors (Lipinski definition) is 3. The third kappa shape index (κ3) is 3.61. The van der Waals surface area contributed by atoms with E-state index in [0.29, 0.717) is 19.4 Å². The summed E-state index contributed by atoms with van der Waals surface area (Å²) in [4.78, 5) is 22.6. The molecule has 2 N–H and O–H groups in total. The average Bonchev–Trinajstić information content (AvgIpc) is 2.34. The maximum Gasteiger partial charge on any atom is 0.336 e. The fraction of sp³-hybridized carbons (Fsp3) is 0.250. The number of carboxylic acids is 1. The number of nitriles is 1. The van der Waals surface area contributed by atoms with Gasteiger partial charge in [-0.05, 0) is 18.6 Å². The Labute approximate surface area is 98.7 Å². The van der Waals surface area contributed by atoms with Crippen LogP contribution >= 0.6 is 0 Å². The van der Waals surface area contributed by atoms with Gasteiger partial charge in [0.15, 0.2) is 0 Å². The van der Waals surface area contributed by atoms with Crippen LogP contribution in [-0.2, 0) is 0 Å². The highest BCUT2D eigenvalue weighted by atomic mass is 16.4. The second-order valence-electron chi connectivity index (χ2n) is 3.37. The predicted octanol–water partition coefficient (Wildman–Crippen LogP) is 1.42. The van der Waals surface area contributed by atoms with Gasteiger partial charge in [0.05, 0.1) is 17.2 Å². The number of aromatic carboxylic acids is 1. The van der Waals surface area contributed by atoms with Gasteiger partial charge in [-0.3, -0.25) is 4.79 Å². The second-order valence-corrected chi connectivity index (χ2v) is 3.37. The molecule has 0 aromatic heterocycles. The molecule has 88 valence electrons. The normalized spacial score (nSPS) is 9.35. The van der Waals surface area contributed by atoms with Crippen LogP contribution < -0.4 is 5.32 Å². The topological polar surface area (TPSA) is 90.2 Å². The molecule has 0 fully saturated rings. The monoisotopic (exact) mass is 232 g/mol. The Kier molecular flexibility index (Phi) is 4.70. The zero-order valence-electron chi connectivity index (χ0n) is 9.14. The van der Waals surface area contributed by atoms with Crippen molar-refractivity contribution in [2.75, 3.05) is 6.54 Å². The molecule has 0 radical (unpaired) electrons. The molecule has 1 aromatic carbocycles. The lowest BCUT2D eigenvalue weighted by atomic mass is 10.1. The van der Waals surface area contributed by atoms with Crippen molar-refractivity contribution < 1.29 is 14.7 Å². The maximum atomic E-state index is 11.7. The van der Waals surface area contributed by atoms with Crippen molar-refractivity contribution in [1.82, 2.24) is 5.32 Å². The molecule has 0 bridgehead atoms. The van der Waals surface area contributed by atoms with Crippen molar-refractivity contribution in [2.45, 2.75) is 12.8 Å². The standard InChI is InChI=1S/C12H12N2O3/c13-7-3-4-8-14-11(15)9-5-1-2-6-10(9)12(16)17/h1-2,5-6H,3-4,8H2,(H,14,15)(H,16,17). The predicted molar refractivity (Wildman–Crippen MR) is 60.6 cm³/mol. The van der Waals surface area contributed by atoms with Gasteiger partial charge in [-0.2, -0.15) is 5.26 Å². The third-order valence-corrected chi connectivity index (χ3v) is 2.15. The molecule has 5 nitrogen and oxygen atoms in total. The van der Waals surface area contributed by atoms with Gasteiger partial charge in [0.2, 0.25) is 0 Å². The summed E-state index contributed by atoms with van der Waals surface area (Å²) in [5.41, 5.74) is 0.113. The third-order valence-electron chi connectivity index (χ3n) is 2.15. The number of nitrogens with zero attached hydrogens (tertiary/aromatic N) is 1. The Hall–Kier alpha value is -2.35. The summed E-state index contributed by atoms with van der Waals surface area (Å²) in [6.07, 6.45) is 0.915. The second kappa shape index (κ2) is 6.28. The molecule has 0 saturated heterocycles. The van der Waals surface area contributed by atoms with E-state index in [-0.39, 0.29) is 11.1 Å². The number of nitrogens with one attached hydrogen (secondary N) is 1. The summed E-state index contributed by atoms with van der Waals surface area (Å²) in [6, 6.07) is 7.98. The summed E-state index contributed by atoms with van der Waals surface area (Å²) < 4.78 is 0. The largest absolute Gasteiger partial charge is 0.478 e. The van der Waals surface area contributed by atoms with Crippen LogP contribution in [0.15, 0.2) is 24.3 Å². The Morgan fingerprint density at radius 1 is 1.29 bits per heavy atom. The zero-order chi connectivity index (χ0) is 12.7. The van der Waals surface area contributed by atoms with E-state index < -0.39 is 11.9 Å². The molecule has 0 atom stereocenters. The van der Waals surface area contributed by atoms with E-state index >= 15 is 0 Å². The number of amides is 1. The first kappa shape index (κ1) is 12.7. The van der Waals surface area contributed by atoms with Crippen LogP contribution in [0.2, 0.25) is 0 Å². The van der Waals surface area contributed by atoms with Gasteiger partial charge in [0.1, 0.15) is 0 Å². The summed E-state index contributed by atoms with van der Waals surface area (Å²) in [7, 11) is 0. The molecule has 5 heteroatoms. The van der Waals surface area contributed by atoms with Crippen LogP contribution in [-0.4, -0.2) is 23.5 Å². The molecule has 0 unspecified atom stereocenters. The minimum atomic E-state index is -1.13. The van der Waals surface area contributed by atoms with Crippen LogP contribution in [0.5, 0.6) is 0 Å².